The van der Waals surface area contributed by atoms with Crippen molar-refractivity contribution in [1.29, 1.82) is 0 Å². The highest BCUT2D eigenvalue weighted by Gasteiger charge is 2.11. The van der Waals surface area contributed by atoms with E-state index in [9.17, 15) is 9.59 Å². The number of likely N-dealkylation sites (N-methyl/N-ethyl adjacent to an activating group) is 1. The average molecular weight is 383 g/mol. The van der Waals surface area contributed by atoms with Crippen LogP contribution >= 0.6 is 0 Å². The van der Waals surface area contributed by atoms with Crippen LogP contribution in [-0.2, 0) is 16.2 Å². The van der Waals surface area contributed by atoms with Gasteiger partial charge in [-0.25, -0.2) is 0 Å². The molecule has 2 aromatic rings. The third kappa shape index (κ3) is 7.80. The van der Waals surface area contributed by atoms with Crippen molar-refractivity contribution in [3.8, 4) is 5.75 Å². The van der Waals surface area contributed by atoms with Crippen LogP contribution in [0.5, 0.6) is 5.75 Å². The number of amides is 2. The molecule has 6 heteroatoms. The number of benzene rings is 2. The number of ether oxygens (including phenoxy) is 1. The molecule has 0 aromatic heterocycles. The first-order valence-corrected chi connectivity index (χ1v) is 9.41. The SMILES string of the molecule is CC(=O)N(CCC(=O)Nc1ccc(OCc2ccccc2)cc1)CCN(C)C. The fourth-order valence-corrected chi connectivity index (χ4v) is 2.58. The van der Waals surface area contributed by atoms with E-state index in [1.807, 2.05) is 73.6 Å². The number of carbonyl (C=O) groups excluding carboxylic acids is 2. The van der Waals surface area contributed by atoms with Gasteiger partial charge in [0.25, 0.3) is 0 Å². The lowest BCUT2D eigenvalue weighted by molar-refractivity contribution is -0.129. The zero-order valence-electron chi connectivity index (χ0n) is 16.9. The van der Waals surface area contributed by atoms with Gasteiger partial charge in [-0.15, -0.1) is 0 Å². The Balaban J connectivity index is 1.77. The molecule has 0 saturated heterocycles. The molecule has 2 amide bonds. The molecule has 0 bridgehead atoms. The van der Waals surface area contributed by atoms with Crippen LogP contribution < -0.4 is 10.1 Å². The Hall–Kier alpha value is -2.86. The summed E-state index contributed by atoms with van der Waals surface area (Å²) in [5.41, 5.74) is 1.81. The van der Waals surface area contributed by atoms with Crippen LogP contribution in [-0.4, -0.2) is 55.3 Å². The van der Waals surface area contributed by atoms with Crippen molar-refractivity contribution in [2.24, 2.45) is 0 Å². The Morgan fingerprint density at radius 2 is 1.61 bits per heavy atom. The number of rotatable bonds is 10. The molecule has 0 heterocycles. The highest BCUT2D eigenvalue weighted by molar-refractivity contribution is 5.91. The molecular formula is C22H29N3O3. The summed E-state index contributed by atoms with van der Waals surface area (Å²) in [5.74, 6) is 0.608. The summed E-state index contributed by atoms with van der Waals surface area (Å²) in [7, 11) is 3.91. The maximum atomic E-state index is 12.2. The molecule has 0 atom stereocenters. The van der Waals surface area contributed by atoms with Gasteiger partial charge in [-0.2, -0.15) is 0 Å². The number of nitrogens with one attached hydrogen (secondary N) is 1. The van der Waals surface area contributed by atoms with Gasteiger partial charge in [-0.3, -0.25) is 9.59 Å². The average Bonchev–Trinajstić information content (AvgIpc) is 2.67. The topological polar surface area (TPSA) is 61.9 Å². The minimum absolute atomic E-state index is 0.0189. The lowest BCUT2D eigenvalue weighted by Gasteiger charge is -2.22. The minimum atomic E-state index is -0.117. The molecule has 2 aromatic carbocycles. The standard InChI is InChI=1S/C22H29N3O3/c1-18(26)25(16-15-24(2)3)14-13-22(27)23-20-9-11-21(12-10-20)28-17-19-7-5-4-6-8-19/h4-12H,13-17H2,1-3H3,(H,23,27). The number of hydrogen-bond acceptors (Lipinski definition) is 4. The molecule has 1 N–H and O–H groups in total. The van der Waals surface area contributed by atoms with Crippen LogP contribution in [0.2, 0.25) is 0 Å². The van der Waals surface area contributed by atoms with Crippen LogP contribution in [0.4, 0.5) is 5.69 Å². The van der Waals surface area contributed by atoms with Gasteiger partial charge in [0.05, 0.1) is 0 Å². The number of nitrogens with zero attached hydrogens (tertiary/aromatic N) is 2. The molecule has 0 aliphatic carbocycles. The second kappa shape index (κ2) is 11.1. The molecular weight excluding hydrogens is 354 g/mol. The molecule has 0 radical (unpaired) electrons. The Kier molecular flexibility index (Phi) is 8.49. The number of anilines is 1. The van der Waals surface area contributed by atoms with E-state index in [1.54, 1.807) is 4.90 Å². The van der Waals surface area contributed by atoms with Crippen molar-refractivity contribution >= 4 is 17.5 Å². The maximum absolute atomic E-state index is 12.2. The van der Waals surface area contributed by atoms with Gasteiger partial charge in [-0.1, -0.05) is 30.3 Å². The summed E-state index contributed by atoms with van der Waals surface area (Å²) in [6.07, 6.45) is 0.263. The Morgan fingerprint density at radius 3 is 2.21 bits per heavy atom. The molecule has 6 nitrogen and oxygen atoms in total. The molecule has 0 aliphatic rings. The van der Waals surface area contributed by atoms with E-state index in [0.717, 1.165) is 17.9 Å². The van der Waals surface area contributed by atoms with E-state index in [2.05, 4.69) is 5.32 Å². The summed E-state index contributed by atoms with van der Waals surface area (Å²) in [6.45, 7) is 3.82. The van der Waals surface area contributed by atoms with Crippen molar-refractivity contribution in [1.82, 2.24) is 9.80 Å². The highest BCUT2D eigenvalue weighted by atomic mass is 16.5. The molecule has 0 unspecified atom stereocenters. The van der Waals surface area contributed by atoms with Gasteiger partial charge in [0.15, 0.2) is 0 Å². The van der Waals surface area contributed by atoms with Crippen molar-refractivity contribution in [2.75, 3.05) is 39.0 Å². The van der Waals surface area contributed by atoms with Gasteiger partial charge in [0, 0.05) is 38.7 Å². The van der Waals surface area contributed by atoms with Gasteiger partial charge in [0.2, 0.25) is 11.8 Å². The van der Waals surface area contributed by atoms with E-state index in [1.165, 1.54) is 6.92 Å². The molecule has 150 valence electrons. The Labute approximate surface area is 167 Å². The number of hydrogen-bond donors (Lipinski definition) is 1. The van der Waals surface area contributed by atoms with Gasteiger partial charge in [-0.05, 0) is 43.9 Å². The predicted octanol–water partition coefficient (Wildman–Crippen LogP) is 3.00. The van der Waals surface area contributed by atoms with Crippen LogP contribution in [0, 0.1) is 0 Å². The first kappa shape index (κ1) is 21.4. The van der Waals surface area contributed by atoms with Crippen molar-refractivity contribution in [2.45, 2.75) is 20.0 Å². The zero-order chi connectivity index (χ0) is 20.4. The normalized spacial score (nSPS) is 10.6. The smallest absolute Gasteiger partial charge is 0.226 e. The zero-order valence-corrected chi connectivity index (χ0v) is 16.9. The largest absolute Gasteiger partial charge is 0.489 e. The lowest BCUT2D eigenvalue weighted by Crippen LogP contribution is -2.37. The monoisotopic (exact) mass is 383 g/mol. The molecule has 0 aliphatic heterocycles. The Bertz CT molecular complexity index is 745. The summed E-state index contributed by atoms with van der Waals surface area (Å²) in [6, 6.07) is 17.2. The summed E-state index contributed by atoms with van der Waals surface area (Å²) < 4.78 is 5.74. The third-order valence-corrected chi connectivity index (χ3v) is 4.26. The summed E-state index contributed by atoms with van der Waals surface area (Å²) in [5, 5.41) is 2.86. The lowest BCUT2D eigenvalue weighted by atomic mass is 10.2. The predicted molar refractivity (Wildman–Crippen MR) is 111 cm³/mol. The molecule has 28 heavy (non-hydrogen) atoms. The van der Waals surface area contributed by atoms with Crippen molar-refractivity contribution < 1.29 is 14.3 Å². The third-order valence-electron chi connectivity index (χ3n) is 4.26. The van der Waals surface area contributed by atoms with E-state index < -0.39 is 0 Å². The molecule has 0 saturated carbocycles. The highest BCUT2D eigenvalue weighted by Crippen LogP contribution is 2.17. The van der Waals surface area contributed by atoms with E-state index in [-0.39, 0.29) is 18.2 Å². The second-order valence-electron chi connectivity index (χ2n) is 6.91. The quantitative estimate of drug-likeness (QED) is 0.685. The van der Waals surface area contributed by atoms with E-state index in [0.29, 0.717) is 25.4 Å². The van der Waals surface area contributed by atoms with Crippen molar-refractivity contribution in [3.63, 3.8) is 0 Å². The van der Waals surface area contributed by atoms with E-state index >= 15 is 0 Å². The van der Waals surface area contributed by atoms with Gasteiger partial charge < -0.3 is 19.9 Å². The fraction of sp³-hybridized carbons (Fsp3) is 0.364. The fourth-order valence-electron chi connectivity index (χ4n) is 2.58. The molecule has 2 rings (SSSR count). The minimum Gasteiger partial charge on any atom is -0.489 e. The molecule has 0 spiro atoms. The van der Waals surface area contributed by atoms with Crippen LogP contribution in [0.15, 0.2) is 54.6 Å². The van der Waals surface area contributed by atoms with Crippen molar-refractivity contribution in [3.05, 3.63) is 60.2 Å². The van der Waals surface area contributed by atoms with Crippen LogP contribution in [0.25, 0.3) is 0 Å². The van der Waals surface area contributed by atoms with Gasteiger partial charge in [0.1, 0.15) is 12.4 Å². The number of carbonyl (C=O) groups is 2. The summed E-state index contributed by atoms with van der Waals surface area (Å²) in [4.78, 5) is 27.6. The first-order valence-electron chi connectivity index (χ1n) is 9.41. The van der Waals surface area contributed by atoms with Crippen LogP contribution in [0.3, 0.4) is 0 Å². The second-order valence-corrected chi connectivity index (χ2v) is 6.91. The van der Waals surface area contributed by atoms with E-state index in [4.69, 9.17) is 4.74 Å². The Morgan fingerprint density at radius 1 is 0.929 bits per heavy atom. The maximum Gasteiger partial charge on any atom is 0.226 e. The van der Waals surface area contributed by atoms with Gasteiger partial charge >= 0.3 is 0 Å². The molecule has 0 fully saturated rings. The summed E-state index contributed by atoms with van der Waals surface area (Å²) >= 11 is 0. The first-order chi connectivity index (χ1) is 13.4. The van der Waals surface area contributed by atoms with Crippen LogP contribution in [0.1, 0.15) is 18.9 Å².